The van der Waals surface area contributed by atoms with Crippen molar-refractivity contribution >= 4 is 17.8 Å². The molecule has 0 spiro atoms. The van der Waals surface area contributed by atoms with Crippen LogP contribution in [-0.2, 0) is 19.1 Å². The molecule has 0 saturated carbocycles. The first-order valence-corrected chi connectivity index (χ1v) is 6.51. The van der Waals surface area contributed by atoms with Gasteiger partial charge in [-0.25, -0.2) is 0 Å². The lowest BCUT2D eigenvalue weighted by Crippen LogP contribution is -2.11. The average molecular weight is 276 g/mol. The van der Waals surface area contributed by atoms with Crippen LogP contribution in [0.25, 0.3) is 6.08 Å². The molecule has 0 aliphatic heterocycles. The maximum absolute atomic E-state index is 11.3. The Morgan fingerprint density at radius 1 is 1.20 bits per heavy atom. The van der Waals surface area contributed by atoms with Crippen molar-refractivity contribution in [3.05, 3.63) is 41.5 Å². The molecule has 1 aromatic carbocycles. The number of hydrogen-bond donors (Lipinski definition) is 0. The first-order valence-electron chi connectivity index (χ1n) is 6.51. The molecule has 0 fully saturated rings. The van der Waals surface area contributed by atoms with Crippen molar-refractivity contribution in [1.29, 1.82) is 0 Å². The second kappa shape index (κ2) is 9.04. The number of methoxy groups -OCH3 is 1. The Bertz CT molecular complexity index is 460. The monoisotopic (exact) mass is 276 g/mol. The molecule has 0 unspecified atom stereocenters. The van der Waals surface area contributed by atoms with Gasteiger partial charge < -0.3 is 9.47 Å². The standard InChI is InChI=1S/C16H20O4/c1-13-5-7-14(8-6-13)4-3-10-20-11-9-15(17)12-16(18)19-2/h3-8H,9-12H2,1-2H3/b4-3+. The van der Waals surface area contributed by atoms with E-state index in [1.54, 1.807) is 0 Å². The van der Waals surface area contributed by atoms with Crippen molar-refractivity contribution in [3.63, 3.8) is 0 Å². The number of carbonyl (C=O) groups excluding carboxylic acids is 2. The molecule has 0 aliphatic rings. The van der Waals surface area contributed by atoms with Gasteiger partial charge in [-0.05, 0) is 12.5 Å². The summed E-state index contributed by atoms with van der Waals surface area (Å²) in [5.41, 5.74) is 2.34. The second-order valence-electron chi connectivity index (χ2n) is 4.43. The van der Waals surface area contributed by atoms with Gasteiger partial charge in [-0.15, -0.1) is 0 Å². The normalized spacial score (nSPS) is 10.7. The summed E-state index contributed by atoms with van der Waals surface area (Å²) in [5, 5.41) is 0. The highest BCUT2D eigenvalue weighted by atomic mass is 16.5. The molecule has 0 N–H and O–H groups in total. The van der Waals surface area contributed by atoms with Gasteiger partial charge in [0.2, 0.25) is 0 Å². The van der Waals surface area contributed by atoms with Crippen molar-refractivity contribution < 1.29 is 19.1 Å². The molecule has 4 nitrogen and oxygen atoms in total. The van der Waals surface area contributed by atoms with Crippen LogP contribution in [0.4, 0.5) is 0 Å². The second-order valence-corrected chi connectivity index (χ2v) is 4.43. The summed E-state index contributed by atoms with van der Waals surface area (Å²) < 4.78 is 9.72. The lowest BCUT2D eigenvalue weighted by atomic mass is 10.1. The number of ether oxygens (including phenoxy) is 2. The van der Waals surface area contributed by atoms with E-state index < -0.39 is 5.97 Å². The number of esters is 1. The number of aryl methyl sites for hydroxylation is 1. The SMILES string of the molecule is COC(=O)CC(=O)CCOC/C=C/c1ccc(C)cc1. The van der Waals surface area contributed by atoms with Crippen LogP contribution in [0.5, 0.6) is 0 Å². The smallest absolute Gasteiger partial charge is 0.313 e. The van der Waals surface area contributed by atoms with Crippen LogP contribution in [0.2, 0.25) is 0 Å². The van der Waals surface area contributed by atoms with Gasteiger partial charge in [-0.3, -0.25) is 9.59 Å². The topological polar surface area (TPSA) is 52.6 Å². The summed E-state index contributed by atoms with van der Waals surface area (Å²) in [5.74, 6) is -0.673. The molecule has 0 heterocycles. The Morgan fingerprint density at radius 3 is 2.55 bits per heavy atom. The van der Waals surface area contributed by atoms with Gasteiger partial charge in [0.1, 0.15) is 12.2 Å². The minimum Gasteiger partial charge on any atom is -0.469 e. The minimum absolute atomic E-state index is 0.167. The van der Waals surface area contributed by atoms with E-state index in [0.29, 0.717) is 13.2 Å². The quantitative estimate of drug-likeness (QED) is 0.416. The van der Waals surface area contributed by atoms with Gasteiger partial charge >= 0.3 is 5.97 Å². The molecule has 1 aromatic rings. The Morgan fingerprint density at radius 2 is 1.90 bits per heavy atom. The molecule has 4 heteroatoms. The van der Waals surface area contributed by atoms with Gasteiger partial charge in [0.25, 0.3) is 0 Å². The van der Waals surface area contributed by atoms with Crippen LogP contribution in [0.3, 0.4) is 0 Å². The molecular formula is C16H20O4. The minimum atomic E-state index is -0.505. The van der Waals surface area contributed by atoms with Crippen molar-refractivity contribution in [3.8, 4) is 0 Å². The molecule has 0 bridgehead atoms. The molecular weight excluding hydrogens is 256 g/mol. The van der Waals surface area contributed by atoms with E-state index in [0.717, 1.165) is 5.56 Å². The average Bonchev–Trinajstić information content (AvgIpc) is 2.44. The predicted octanol–water partition coefficient (Wildman–Crippen LogP) is 2.55. The van der Waals surface area contributed by atoms with Gasteiger partial charge in [-0.2, -0.15) is 0 Å². The number of ketones is 1. The van der Waals surface area contributed by atoms with Crippen molar-refractivity contribution in [1.82, 2.24) is 0 Å². The van der Waals surface area contributed by atoms with E-state index in [1.807, 2.05) is 43.3 Å². The maximum Gasteiger partial charge on any atom is 0.313 e. The van der Waals surface area contributed by atoms with Gasteiger partial charge in [0, 0.05) is 6.42 Å². The molecule has 108 valence electrons. The summed E-state index contributed by atoms with van der Waals surface area (Å²) in [6.45, 7) is 2.80. The third-order valence-electron chi connectivity index (χ3n) is 2.70. The summed E-state index contributed by atoms with van der Waals surface area (Å²) in [7, 11) is 1.27. The van der Waals surface area contributed by atoms with E-state index in [-0.39, 0.29) is 18.6 Å². The van der Waals surface area contributed by atoms with E-state index >= 15 is 0 Å². The third kappa shape index (κ3) is 6.85. The number of hydrogen-bond acceptors (Lipinski definition) is 4. The lowest BCUT2D eigenvalue weighted by Gasteiger charge is -2.01. The van der Waals surface area contributed by atoms with Gasteiger partial charge in [-0.1, -0.05) is 42.0 Å². The first kappa shape index (κ1) is 16.1. The summed E-state index contributed by atoms with van der Waals surface area (Å²) >= 11 is 0. The molecule has 1 rings (SSSR count). The fourth-order valence-electron chi connectivity index (χ4n) is 1.52. The molecule has 0 saturated heterocycles. The van der Waals surface area contributed by atoms with Crippen molar-refractivity contribution in [2.24, 2.45) is 0 Å². The van der Waals surface area contributed by atoms with Gasteiger partial charge in [0.15, 0.2) is 0 Å². The first-order chi connectivity index (χ1) is 9.61. The molecule has 0 amide bonds. The molecule has 0 aliphatic carbocycles. The molecule has 0 aromatic heterocycles. The zero-order chi connectivity index (χ0) is 14.8. The highest BCUT2D eigenvalue weighted by Gasteiger charge is 2.08. The van der Waals surface area contributed by atoms with Crippen LogP contribution in [0, 0.1) is 6.92 Å². The van der Waals surface area contributed by atoms with E-state index in [9.17, 15) is 9.59 Å². The number of rotatable bonds is 8. The fraction of sp³-hybridized carbons (Fsp3) is 0.375. The lowest BCUT2D eigenvalue weighted by molar-refractivity contribution is -0.143. The number of Topliss-reactive ketones (excluding diaryl/α,β-unsaturated/α-hetero) is 1. The Hall–Kier alpha value is -1.94. The maximum atomic E-state index is 11.3. The zero-order valence-electron chi connectivity index (χ0n) is 11.9. The molecule has 0 radical (unpaired) electrons. The Balaban J connectivity index is 2.14. The van der Waals surface area contributed by atoms with Crippen molar-refractivity contribution in [2.45, 2.75) is 19.8 Å². The summed E-state index contributed by atoms with van der Waals surface area (Å²) in [6.07, 6.45) is 3.91. The largest absolute Gasteiger partial charge is 0.469 e. The Labute approximate surface area is 119 Å². The number of carbonyl (C=O) groups is 2. The zero-order valence-corrected chi connectivity index (χ0v) is 11.9. The Kier molecular flexibility index (Phi) is 7.29. The number of benzene rings is 1. The van der Waals surface area contributed by atoms with Crippen LogP contribution in [-0.4, -0.2) is 32.1 Å². The summed E-state index contributed by atoms with van der Waals surface area (Å²) in [4.78, 5) is 22.1. The van der Waals surface area contributed by atoms with Gasteiger partial charge in [0.05, 0.1) is 20.3 Å². The van der Waals surface area contributed by atoms with E-state index in [4.69, 9.17) is 4.74 Å². The van der Waals surface area contributed by atoms with Crippen LogP contribution >= 0.6 is 0 Å². The van der Waals surface area contributed by atoms with E-state index in [2.05, 4.69) is 4.74 Å². The van der Waals surface area contributed by atoms with Crippen LogP contribution < -0.4 is 0 Å². The van der Waals surface area contributed by atoms with Crippen LogP contribution in [0.15, 0.2) is 30.3 Å². The van der Waals surface area contributed by atoms with Crippen LogP contribution in [0.1, 0.15) is 24.0 Å². The van der Waals surface area contributed by atoms with Crippen molar-refractivity contribution in [2.75, 3.05) is 20.3 Å². The summed E-state index contributed by atoms with van der Waals surface area (Å²) in [6, 6.07) is 8.16. The predicted molar refractivity (Wildman–Crippen MR) is 77.3 cm³/mol. The highest BCUT2D eigenvalue weighted by molar-refractivity contribution is 5.95. The fourth-order valence-corrected chi connectivity index (χ4v) is 1.52. The third-order valence-corrected chi connectivity index (χ3v) is 2.70. The van der Waals surface area contributed by atoms with E-state index in [1.165, 1.54) is 12.7 Å². The molecule has 0 atom stereocenters. The highest BCUT2D eigenvalue weighted by Crippen LogP contribution is 2.04. The molecule has 20 heavy (non-hydrogen) atoms.